The first-order valence-corrected chi connectivity index (χ1v) is 8.32. The largest absolute Gasteiger partial charge is 0.392 e. The van der Waals surface area contributed by atoms with E-state index in [-0.39, 0.29) is 11.4 Å². The van der Waals surface area contributed by atoms with Crippen LogP contribution in [0.2, 0.25) is 0 Å². The number of hydrogen-bond donors (Lipinski definition) is 1. The van der Waals surface area contributed by atoms with Gasteiger partial charge in [0.2, 0.25) is 0 Å². The van der Waals surface area contributed by atoms with Gasteiger partial charge < -0.3 is 5.11 Å². The predicted molar refractivity (Wildman–Crippen MR) is 85.4 cm³/mol. The number of thioether (sulfide) groups is 1. The van der Waals surface area contributed by atoms with Gasteiger partial charge in [-0.25, -0.2) is 4.98 Å². The first kappa shape index (κ1) is 15.2. The van der Waals surface area contributed by atoms with Crippen LogP contribution in [0.25, 0.3) is 11.5 Å². The Kier molecular flexibility index (Phi) is 4.84. The van der Waals surface area contributed by atoms with E-state index in [2.05, 4.69) is 26.7 Å². The molecule has 3 rings (SSSR count). The van der Waals surface area contributed by atoms with E-state index in [0.717, 1.165) is 30.8 Å². The predicted octanol–water partition coefficient (Wildman–Crippen LogP) is 2.32. The number of rotatable bonds is 5. The molecule has 1 aliphatic carbocycles. The Balaban J connectivity index is 1.88. The Labute approximate surface area is 133 Å². The third kappa shape index (κ3) is 3.20. The summed E-state index contributed by atoms with van der Waals surface area (Å²) in [7, 11) is 0. The normalized spacial score (nSPS) is 21.7. The first-order chi connectivity index (χ1) is 10.8. The molecule has 0 unspecified atom stereocenters. The van der Waals surface area contributed by atoms with Crippen LogP contribution in [-0.2, 0) is 6.54 Å². The van der Waals surface area contributed by atoms with Crippen LogP contribution in [-0.4, -0.2) is 41.2 Å². The van der Waals surface area contributed by atoms with Crippen molar-refractivity contribution in [1.29, 1.82) is 0 Å². The summed E-state index contributed by atoms with van der Waals surface area (Å²) in [5.41, 5.74) is 0.688. The van der Waals surface area contributed by atoms with Crippen LogP contribution in [0.3, 0.4) is 0 Å². The highest BCUT2D eigenvalue weighted by molar-refractivity contribution is 7.99. The minimum atomic E-state index is -0.271. The van der Waals surface area contributed by atoms with Crippen LogP contribution in [0.4, 0.5) is 0 Å². The van der Waals surface area contributed by atoms with Crippen LogP contribution in [0.1, 0.15) is 25.7 Å². The second-order valence-corrected chi connectivity index (χ2v) is 6.51. The van der Waals surface area contributed by atoms with E-state index in [1.807, 2.05) is 10.6 Å². The molecule has 0 radical (unpaired) electrons. The van der Waals surface area contributed by atoms with E-state index in [1.54, 1.807) is 30.4 Å². The summed E-state index contributed by atoms with van der Waals surface area (Å²) in [6.45, 7) is 4.40. The van der Waals surface area contributed by atoms with Crippen LogP contribution >= 0.6 is 11.8 Å². The molecule has 1 fully saturated rings. The minimum absolute atomic E-state index is 0.177. The van der Waals surface area contributed by atoms with Gasteiger partial charge in [0, 0.05) is 24.2 Å². The molecule has 116 valence electrons. The summed E-state index contributed by atoms with van der Waals surface area (Å²) in [5.74, 6) is 0.681. The van der Waals surface area contributed by atoms with Gasteiger partial charge in [-0.15, -0.1) is 16.8 Å². The van der Waals surface area contributed by atoms with Crippen molar-refractivity contribution in [1.82, 2.24) is 24.7 Å². The first-order valence-electron chi connectivity index (χ1n) is 7.45. The lowest BCUT2D eigenvalue weighted by atomic mass is 9.97. The molecule has 0 aromatic carbocycles. The maximum atomic E-state index is 10.2. The molecule has 7 heteroatoms. The van der Waals surface area contributed by atoms with Crippen molar-refractivity contribution in [3.8, 4) is 11.5 Å². The molecule has 2 atom stereocenters. The molecule has 2 aromatic rings. The van der Waals surface area contributed by atoms with E-state index in [1.165, 1.54) is 0 Å². The molecule has 0 spiro atoms. The summed E-state index contributed by atoms with van der Waals surface area (Å²) in [6.07, 6.45) is 10.6. The van der Waals surface area contributed by atoms with Gasteiger partial charge in [-0.3, -0.25) is 9.55 Å². The molecule has 0 bridgehead atoms. The lowest BCUT2D eigenvalue weighted by molar-refractivity contribution is 0.137. The van der Waals surface area contributed by atoms with Crippen molar-refractivity contribution in [2.24, 2.45) is 0 Å². The molecular weight excluding hydrogens is 298 g/mol. The van der Waals surface area contributed by atoms with Gasteiger partial charge in [-0.05, 0) is 12.8 Å². The smallest absolute Gasteiger partial charge is 0.192 e. The second kappa shape index (κ2) is 7.02. The molecule has 0 saturated heterocycles. The third-order valence-corrected chi connectivity index (χ3v) is 5.11. The Morgan fingerprint density at radius 3 is 2.91 bits per heavy atom. The zero-order valence-corrected chi connectivity index (χ0v) is 13.1. The standard InChI is InChI=1S/C15H19N5OS/c1-2-9-20-14(11-10-16-7-8-17-11)18-19-15(20)22-13-6-4-3-5-12(13)21/h2,7-8,10,12-13,21H,1,3-6,9H2/t12-,13+/m0/s1. The van der Waals surface area contributed by atoms with Gasteiger partial charge in [0.15, 0.2) is 11.0 Å². The average molecular weight is 317 g/mol. The van der Waals surface area contributed by atoms with Crippen molar-refractivity contribution < 1.29 is 5.11 Å². The van der Waals surface area contributed by atoms with Crippen molar-refractivity contribution in [3.05, 3.63) is 31.2 Å². The highest BCUT2D eigenvalue weighted by atomic mass is 32.2. The quantitative estimate of drug-likeness (QED) is 0.853. The summed E-state index contributed by atoms with van der Waals surface area (Å²) in [4.78, 5) is 8.37. The van der Waals surface area contributed by atoms with Gasteiger partial charge in [0.1, 0.15) is 5.69 Å². The SMILES string of the molecule is C=CCn1c(S[C@@H]2CCCC[C@@H]2O)nnc1-c1cnccn1. The maximum absolute atomic E-state index is 10.2. The molecule has 2 aromatic heterocycles. The molecule has 1 aliphatic rings. The van der Waals surface area contributed by atoms with E-state index in [0.29, 0.717) is 18.1 Å². The molecule has 1 N–H and O–H groups in total. The maximum Gasteiger partial charge on any atom is 0.192 e. The molecule has 2 heterocycles. The highest BCUT2D eigenvalue weighted by Crippen LogP contribution is 2.34. The lowest BCUT2D eigenvalue weighted by Gasteiger charge is -2.26. The number of nitrogens with zero attached hydrogens (tertiary/aromatic N) is 5. The van der Waals surface area contributed by atoms with E-state index in [4.69, 9.17) is 0 Å². The van der Waals surface area contributed by atoms with E-state index in [9.17, 15) is 5.11 Å². The van der Waals surface area contributed by atoms with E-state index >= 15 is 0 Å². The fourth-order valence-corrected chi connectivity index (χ4v) is 3.85. The fourth-order valence-electron chi connectivity index (χ4n) is 2.62. The zero-order chi connectivity index (χ0) is 15.4. The summed E-state index contributed by atoms with van der Waals surface area (Å²) < 4.78 is 1.98. The van der Waals surface area contributed by atoms with Gasteiger partial charge in [0.05, 0.1) is 12.3 Å². The molecule has 0 aliphatic heterocycles. The number of allylic oxidation sites excluding steroid dienone is 1. The zero-order valence-electron chi connectivity index (χ0n) is 12.3. The third-order valence-electron chi connectivity index (χ3n) is 3.75. The molecular formula is C15H19N5OS. The van der Waals surface area contributed by atoms with Crippen LogP contribution < -0.4 is 0 Å². The molecule has 0 amide bonds. The van der Waals surface area contributed by atoms with Gasteiger partial charge >= 0.3 is 0 Å². The molecule has 6 nitrogen and oxygen atoms in total. The average Bonchev–Trinajstić information content (AvgIpc) is 2.94. The van der Waals surface area contributed by atoms with Crippen LogP contribution in [0.15, 0.2) is 36.4 Å². The van der Waals surface area contributed by atoms with Crippen molar-refractivity contribution >= 4 is 11.8 Å². The van der Waals surface area contributed by atoms with Crippen molar-refractivity contribution in [2.75, 3.05) is 0 Å². The summed E-state index contributed by atoms with van der Waals surface area (Å²) in [6, 6.07) is 0. The highest BCUT2D eigenvalue weighted by Gasteiger charge is 2.26. The van der Waals surface area contributed by atoms with E-state index < -0.39 is 0 Å². The minimum Gasteiger partial charge on any atom is -0.392 e. The number of aliphatic hydroxyl groups is 1. The monoisotopic (exact) mass is 317 g/mol. The number of hydrogen-bond acceptors (Lipinski definition) is 6. The Bertz CT molecular complexity index is 630. The van der Waals surface area contributed by atoms with Crippen molar-refractivity contribution in [3.63, 3.8) is 0 Å². The fraction of sp³-hybridized carbons (Fsp3) is 0.467. The molecule has 22 heavy (non-hydrogen) atoms. The Morgan fingerprint density at radius 2 is 2.18 bits per heavy atom. The number of aromatic nitrogens is 5. The Morgan fingerprint density at radius 1 is 1.32 bits per heavy atom. The van der Waals surface area contributed by atoms with Gasteiger partial charge in [0.25, 0.3) is 0 Å². The second-order valence-electron chi connectivity index (χ2n) is 5.30. The summed E-state index contributed by atoms with van der Waals surface area (Å²) in [5, 5.41) is 19.7. The Hall–Kier alpha value is -1.73. The van der Waals surface area contributed by atoms with Gasteiger partial charge in [-0.2, -0.15) is 0 Å². The summed E-state index contributed by atoms with van der Waals surface area (Å²) >= 11 is 1.60. The number of aliphatic hydroxyl groups excluding tert-OH is 1. The molecule has 1 saturated carbocycles. The van der Waals surface area contributed by atoms with Crippen LogP contribution in [0, 0.1) is 0 Å². The van der Waals surface area contributed by atoms with Crippen LogP contribution in [0.5, 0.6) is 0 Å². The lowest BCUT2D eigenvalue weighted by Crippen LogP contribution is -2.27. The topological polar surface area (TPSA) is 76.7 Å². The van der Waals surface area contributed by atoms with Gasteiger partial charge in [-0.1, -0.05) is 30.7 Å². The van der Waals surface area contributed by atoms with Crippen molar-refractivity contribution in [2.45, 2.75) is 48.7 Å².